The van der Waals surface area contributed by atoms with Gasteiger partial charge in [-0.25, -0.2) is 0 Å². The number of aryl methyl sites for hydroxylation is 1. The minimum absolute atomic E-state index is 0.636. The highest BCUT2D eigenvalue weighted by atomic mass is 32.1. The van der Waals surface area contributed by atoms with E-state index < -0.39 is 0 Å². The summed E-state index contributed by atoms with van der Waals surface area (Å²) in [6, 6.07) is 0. The lowest BCUT2D eigenvalue weighted by atomic mass is 9.89. The molecule has 17 heavy (non-hydrogen) atoms. The van der Waals surface area contributed by atoms with Crippen LogP contribution < -0.4 is 4.68 Å². The Bertz CT molecular complexity index is 309. The van der Waals surface area contributed by atoms with Crippen molar-refractivity contribution < 1.29 is 4.68 Å². The third-order valence-corrected chi connectivity index (χ3v) is 4.27. The van der Waals surface area contributed by atoms with Gasteiger partial charge in [-0.2, -0.15) is 0 Å². The van der Waals surface area contributed by atoms with E-state index in [4.69, 9.17) is 0 Å². The monoisotopic (exact) mass is 255 g/mol. The minimum atomic E-state index is 0.636. The molecule has 0 N–H and O–H groups in total. The topological polar surface area (TPSA) is 16.8 Å². The van der Waals surface area contributed by atoms with Crippen molar-refractivity contribution in [3.63, 3.8) is 0 Å². The van der Waals surface area contributed by atoms with Crippen LogP contribution in [0.3, 0.4) is 0 Å². The van der Waals surface area contributed by atoms with Gasteiger partial charge in [0.15, 0.2) is 6.54 Å². The molecule has 0 bridgehead atoms. The second kappa shape index (κ2) is 7.80. The average molecular weight is 255 g/mol. The molecule has 0 spiro atoms. The maximum absolute atomic E-state index is 4.46. The first-order valence-electron chi connectivity index (χ1n) is 7.05. The van der Waals surface area contributed by atoms with Crippen LogP contribution in [0.15, 0.2) is 5.38 Å². The number of hydrogen-bond donors (Lipinski definition) is 0. The van der Waals surface area contributed by atoms with Crippen LogP contribution in [-0.2, 0) is 6.54 Å². The van der Waals surface area contributed by atoms with Crippen LogP contribution in [-0.4, -0.2) is 4.49 Å². The number of aromatic nitrogens is 2. The Kier molecular flexibility index (Phi) is 6.71. The van der Waals surface area contributed by atoms with E-state index in [0.717, 1.165) is 12.5 Å². The summed E-state index contributed by atoms with van der Waals surface area (Å²) in [5.74, 6) is 1.40. The zero-order valence-corrected chi connectivity index (χ0v) is 12.6. The summed E-state index contributed by atoms with van der Waals surface area (Å²) in [6.45, 7) is 10.3. The van der Waals surface area contributed by atoms with Crippen LogP contribution >= 0.6 is 11.5 Å². The molecule has 0 amide bonds. The molecule has 0 aliphatic carbocycles. The Morgan fingerprint density at radius 3 is 2.65 bits per heavy atom. The van der Waals surface area contributed by atoms with E-state index in [2.05, 4.69) is 42.2 Å². The van der Waals surface area contributed by atoms with E-state index in [1.807, 2.05) is 0 Å². The van der Waals surface area contributed by atoms with E-state index in [1.54, 1.807) is 11.5 Å². The lowest BCUT2D eigenvalue weighted by Gasteiger charge is -2.15. The van der Waals surface area contributed by atoms with Gasteiger partial charge in [-0.3, -0.25) is 0 Å². The zero-order chi connectivity index (χ0) is 12.7. The summed E-state index contributed by atoms with van der Waals surface area (Å²) >= 11 is 1.59. The molecular formula is C14H27N2S+. The molecule has 0 saturated heterocycles. The van der Waals surface area contributed by atoms with Crippen molar-refractivity contribution in [1.82, 2.24) is 4.49 Å². The molecule has 1 aromatic rings. The average Bonchev–Trinajstić information content (AvgIpc) is 2.77. The molecule has 1 aromatic heterocycles. The highest BCUT2D eigenvalue weighted by Gasteiger charge is 2.25. The van der Waals surface area contributed by atoms with Gasteiger partial charge in [0.2, 0.25) is 5.69 Å². The lowest BCUT2D eigenvalue weighted by Crippen LogP contribution is -2.40. The SMILES string of the molecule is CCCCCC(C)C(C)c1csn[n+]1CCC. The Hall–Kier alpha value is -0.440. The van der Waals surface area contributed by atoms with Gasteiger partial charge in [0.25, 0.3) is 0 Å². The summed E-state index contributed by atoms with van der Waals surface area (Å²) in [5, 5.41) is 2.23. The normalized spacial score (nSPS) is 14.8. The van der Waals surface area contributed by atoms with Crippen molar-refractivity contribution in [3.8, 4) is 0 Å². The van der Waals surface area contributed by atoms with Gasteiger partial charge in [-0.1, -0.05) is 51.6 Å². The smallest absolute Gasteiger partial charge is 0.0761 e. The van der Waals surface area contributed by atoms with E-state index in [9.17, 15) is 0 Å². The Balaban J connectivity index is 2.54. The molecule has 2 unspecified atom stereocenters. The first-order valence-corrected chi connectivity index (χ1v) is 7.88. The Labute approximate surface area is 110 Å². The molecule has 1 rings (SSSR count). The number of hydrogen-bond acceptors (Lipinski definition) is 2. The zero-order valence-electron chi connectivity index (χ0n) is 11.8. The summed E-state index contributed by atoms with van der Waals surface area (Å²) < 4.78 is 6.66. The van der Waals surface area contributed by atoms with Crippen LogP contribution in [0, 0.1) is 5.92 Å². The summed E-state index contributed by atoms with van der Waals surface area (Å²) in [4.78, 5) is 0. The second-order valence-electron chi connectivity index (χ2n) is 5.11. The van der Waals surface area contributed by atoms with Crippen molar-refractivity contribution in [3.05, 3.63) is 11.1 Å². The highest BCUT2D eigenvalue weighted by Crippen LogP contribution is 2.26. The molecular weight excluding hydrogens is 228 g/mol. The van der Waals surface area contributed by atoms with Crippen LogP contribution in [0.2, 0.25) is 0 Å². The lowest BCUT2D eigenvalue weighted by molar-refractivity contribution is -0.754. The molecule has 3 heteroatoms. The van der Waals surface area contributed by atoms with Crippen molar-refractivity contribution >= 4 is 11.5 Å². The van der Waals surface area contributed by atoms with Gasteiger partial charge in [-0.05, 0) is 12.3 Å². The van der Waals surface area contributed by atoms with Gasteiger partial charge in [0.05, 0.1) is 9.87 Å². The third-order valence-electron chi connectivity index (χ3n) is 3.64. The molecule has 0 aromatic carbocycles. The van der Waals surface area contributed by atoms with Gasteiger partial charge >= 0.3 is 0 Å². The van der Waals surface area contributed by atoms with Crippen LogP contribution in [0.5, 0.6) is 0 Å². The molecule has 0 saturated carbocycles. The Morgan fingerprint density at radius 2 is 2.00 bits per heavy atom. The predicted molar refractivity (Wildman–Crippen MR) is 74.3 cm³/mol. The molecule has 0 aliphatic rings. The fourth-order valence-corrected chi connectivity index (χ4v) is 3.01. The molecule has 2 atom stereocenters. The summed E-state index contributed by atoms with van der Waals surface area (Å²) in [6.07, 6.45) is 6.56. The molecule has 0 aliphatic heterocycles. The highest BCUT2D eigenvalue weighted by molar-refractivity contribution is 7.03. The van der Waals surface area contributed by atoms with Gasteiger partial charge < -0.3 is 0 Å². The third kappa shape index (κ3) is 4.38. The summed E-state index contributed by atoms with van der Waals surface area (Å²) in [5.41, 5.74) is 1.43. The summed E-state index contributed by atoms with van der Waals surface area (Å²) in [7, 11) is 0. The number of unbranched alkanes of at least 4 members (excludes halogenated alkanes) is 2. The first kappa shape index (κ1) is 14.6. The molecule has 0 fully saturated rings. The van der Waals surface area contributed by atoms with Crippen molar-refractivity contribution in [2.75, 3.05) is 0 Å². The van der Waals surface area contributed by atoms with E-state index in [0.29, 0.717) is 5.92 Å². The van der Waals surface area contributed by atoms with Crippen molar-refractivity contribution in [2.45, 2.75) is 72.3 Å². The molecule has 98 valence electrons. The second-order valence-corrected chi connectivity index (χ2v) is 5.72. The van der Waals surface area contributed by atoms with Crippen LogP contribution in [0.25, 0.3) is 0 Å². The van der Waals surface area contributed by atoms with E-state index in [1.165, 1.54) is 37.8 Å². The van der Waals surface area contributed by atoms with E-state index in [-0.39, 0.29) is 0 Å². The number of rotatable bonds is 8. The van der Waals surface area contributed by atoms with Crippen LogP contribution in [0.1, 0.15) is 71.4 Å². The molecule has 1 heterocycles. The molecule has 0 radical (unpaired) electrons. The Morgan fingerprint density at radius 1 is 1.24 bits per heavy atom. The number of nitrogens with zero attached hydrogens (tertiary/aromatic N) is 2. The van der Waals surface area contributed by atoms with E-state index >= 15 is 0 Å². The van der Waals surface area contributed by atoms with Crippen LogP contribution in [0.4, 0.5) is 0 Å². The molecule has 2 nitrogen and oxygen atoms in total. The predicted octanol–water partition coefficient (Wildman–Crippen LogP) is 4.16. The quantitative estimate of drug-likeness (QED) is 0.503. The first-order chi connectivity index (χ1) is 8.20. The van der Waals surface area contributed by atoms with Crippen molar-refractivity contribution in [1.29, 1.82) is 0 Å². The van der Waals surface area contributed by atoms with Gasteiger partial charge in [0, 0.05) is 23.9 Å². The van der Waals surface area contributed by atoms with Gasteiger partial charge in [-0.15, -0.1) is 0 Å². The fourth-order valence-electron chi connectivity index (χ4n) is 2.22. The maximum Gasteiger partial charge on any atom is 0.224 e. The largest absolute Gasteiger partial charge is 0.224 e. The fraction of sp³-hybridized carbons (Fsp3) is 0.857. The minimum Gasteiger partial charge on any atom is -0.0761 e. The standard InChI is InChI=1S/C14H27N2S/c1-5-7-8-9-12(3)13(4)14-11-17-15-16(14)10-6-2/h11-13H,5-10H2,1-4H3/q+1. The maximum atomic E-state index is 4.46. The van der Waals surface area contributed by atoms with Crippen molar-refractivity contribution in [2.24, 2.45) is 5.92 Å². The van der Waals surface area contributed by atoms with Gasteiger partial charge in [0.1, 0.15) is 0 Å².